The minimum absolute atomic E-state index is 0.0662. The van der Waals surface area contributed by atoms with Crippen LogP contribution < -0.4 is 16.4 Å². The van der Waals surface area contributed by atoms with Crippen molar-refractivity contribution >= 4 is 17.3 Å². The number of benzene rings is 1. The molecule has 4 N–H and O–H groups in total. The van der Waals surface area contributed by atoms with Crippen LogP contribution in [0.15, 0.2) is 18.2 Å². The Hall–Kier alpha value is -2.15. The summed E-state index contributed by atoms with van der Waals surface area (Å²) in [5.41, 5.74) is 5.65. The van der Waals surface area contributed by atoms with Crippen molar-refractivity contribution < 1.29 is 9.72 Å². The predicted molar refractivity (Wildman–Crippen MR) is 77.9 cm³/mol. The standard InChI is InChI=1S/C14H18N4O3/c15-12-4-1-8(5-13(12)18(20)21)14(19)17-11-6-9-2-3-10(7-11)16-9/h1,4-5,9-11,16H,2-3,6-7,15H2,(H,17,19). The largest absolute Gasteiger partial charge is 0.393 e. The van der Waals surface area contributed by atoms with E-state index >= 15 is 0 Å². The van der Waals surface area contributed by atoms with Crippen LogP contribution in [0.3, 0.4) is 0 Å². The lowest BCUT2D eigenvalue weighted by molar-refractivity contribution is -0.383. The maximum atomic E-state index is 12.2. The van der Waals surface area contributed by atoms with Crippen molar-refractivity contribution in [2.75, 3.05) is 5.73 Å². The second-order valence-electron chi connectivity index (χ2n) is 5.81. The third kappa shape index (κ3) is 2.82. The molecule has 112 valence electrons. The molecule has 0 saturated carbocycles. The summed E-state index contributed by atoms with van der Waals surface area (Å²) < 4.78 is 0. The van der Waals surface area contributed by atoms with E-state index in [0.717, 1.165) is 25.7 Å². The van der Waals surface area contributed by atoms with Crippen molar-refractivity contribution in [3.8, 4) is 0 Å². The summed E-state index contributed by atoms with van der Waals surface area (Å²) in [4.78, 5) is 22.5. The summed E-state index contributed by atoms with van der Waals surface area (Å²) in [6, 6.07) is 5.25. The van der Waals surface area contributed by atoms with Gasteiger partial charge in [0, 0.05) is 29.8 Å². The molecule has 2 fully saturated rings. The molecule has 2 heterocycles. The van der Waals surface area contributed by atoms with Crippen molar-refractivity contribution in [2.45, 2.75) is 43.8 Å². The molecule has 7 heteroatoms. The molecule has 0 spiro atoms. The van der Waals surface area contributed by atoms with E-state index in [4.69, 9.17) is 5.73 Å². The number of hydrogen-bond donors (Lipinski definition) is 3. The molecule has 0 radical (unpaired) electrons. The molecular formula is C14H18N4O3. The van der Waals surface area contributed by atoms with Crippen LogP contribution in [0, 0.1) is 10.1 Å². The second kappa shape index (κ2) is 5.33. The van der Waals surface area contributed by atoms with Crippen LogP contribution in [-0.4, -0.2) is 29.0 Å². The number of piperidine rings is 1. The summed E-state index contributed by atoms with van der Waals surface area (Å²) in [6.07, 6.45) is 4.15. The molecule has 1 amide bonds. The first-order chi connectivity index (χ1) is 10.0. The number of nitrogens with one attached hydrogen (secondary N) is 2. The number of nitro benzene ring substituents is 1. The number of hydrogen-bond acceptors (Lipinski definition) is 5. The fourth-order valence-electron chi connectivity index (χ4n) is 3.29. The normalized spacial score (nSPS) is 27.3. The average Bonchev–Trinajstić information content (AvgIpc) is 2.78. The predicted octanol–water partition coefficient (Wildman–Crippen LogP) is 1.19. The van der Waals surface area contributed by atoms with Gasteiger partial charge in [-0.2, -0.15) is 0 Å². The highest BCUT2D eigenvalue weighted by Gasteiger charge is 2.34. The zero-order chi connectivity index (χ0) is 15.0. The molecule has 2 saturated heterocycles. The summed E-state index contributed by atoms with van der Waals surface area (Å²) in [5, 5.41) is 17.4. The fraction of sp³-hybridized carbons (Fsp3) is 0.500. The quantitative estimate of drug-likeness (QED) is 0.440. The smallest absolute Gasteiger partial charge is 0.292 e. The van der Waals surface area contributed by atoms with E-state index in [0.29, 0.717) is 12.1 Å². The molecule has 7 nitrogen and oxygen atoms in total. The molecule has 2 bridgehead atoms. The molecule has 1 aromatic rings. The van der Waals surface area contributed by atoms with Crippen molar-refractivity contribution in [3.63, 3.8) is 0 Å². The Balaban J connectivity index is 1.71. The van der Waals surface area contributed by atoms with Crippen LogP contribution in [-0.2, 0) is 0 Å². The Labute approximate surface area is 122 Å². The number of nitrogens with zero attached hydrogens (tertiary/aromatic N) is 1. The summed E-state index contributed by atoms with van der Waals surface area (Å²) in [6.45, 7) is 0. The Kier molecular flexibility index (Phi) is 3.50. The summed E-state index contributed by atoms with van der Waals surface area (Å²) in [7, 11) is 0. The number of carbonyl (C=O) groups is 1. The van der Waals surface area contributed by atoms with E-state index in [1.807, 2.05) is 0 Å². The summed E-state index contributed by atoms with van der Waals surface area (Å²) >= 11 is 0. The Morgan fingerprint density at radius 1 is 1.33 bits per heavy atom. The molecule has 0 aliphatic carbocycles. The van der Waals surface area contributed by atoms with E-state index in [1.54, 1.807) is 0 Å². The molecule has 1 aromatic carbocycles. The number of rotatable bonds is 3. The van der Waals surface area contributed by atoms with Gasteiger partial charge in [-0.05, 0) is 37.8 Å². The van der Waals surface area contributed by atoms with Crippen LogP contribution >= 0.6 is 0 Å². The molecular weight excluding hydrogens is 272 g/mol. The lowest BCUT2D eigenvalue weighted by Gasteiger charge is -2.29. The van der Waals surface area contributed by atoms with Gasteiger partial charge in [-0.25, -0.2) is 0 Å². The monoisotopic (exact) mass is 290 g/mol. The number of fused-ring (bicyclic) bond motifs is 2. The maximum Gasteiger partial charge on any atom is 0.292 e. The first-order valence-electron chi connectivity index (χ1n) is 7.14. The van der Waals surface area contributed by atoms with E-state index in [2.05, 4.69) is 10.6 Å². The van der Waals surface area contributed by atoms with Gasteiger partial charge in [0.25, 0.3) is 11.6 Å². The first kappa shape index (κ1) is 13.8. The molecule has 3 rings (SSSR count). The highest BCUT2D eigenvalue weighted by Crippen LogP contribution is 2.27. The van der Waals surface area contributed by atoms with Gasteiger partial charge in [0.15, 0.2) is 0 Å². The van der Waals surface area contributed by atoms with Gasteiger partial charge in [-0.15, -0.1) is 0 Å². The number of nitrogen functional groups attached to an aromatic ring is 1. The highest BCUT2D eigenvalue weighted by molar-refractivity contribution is 5.95. The molecule has 0 aromatic heterocycles. The van der Waals surface area contributed by atoms with E-state index in [-0.39, 0.29) is 28.9 Å². The van der Waals surface area contributed by atoms with Gasteiger partial charge in [0.05, 0.1) is 4.92 Å². The van der Waals surface area contributed by atoms with E-state index in [9.17, 15) is 14.9 Å². The SMILES string of the molecule is Nc1ccc(C(=O)NC2CC3CCC(C2)N3)cc1[N+](=O)[O-]. The van der Waals surface area contributed by atoms with Gasteiger partial charge in [-0.1, -0.05) is 0 Å². The fourth-order valence-corrected chi connectivity index (χ4v) is 3.29. The van der Waals surface area contributed by atoms with Crippen molar-refractivity contribution in [2.24, 2.45) is 0 Å². The number of nitrogens with two attached hydrogens (primary N) is 1. The number of amides is 1. The third-order valence-corrected chi connectivity index (χ3v) is 4.30. The van der Waals surface area contributed by atoms with Crippen LogP contribution in [0.1, 0.15) is 36.0 Å². The Morgan fingerprint density at radius 3 is 2.62 bits per heavy atom. The van der Waals surface area contributed by atoms with E-state index < -0.39 is 4.92 Å². The van der Waals surface area contributed by atoms with Gasteiger partial charge >= 0.3 is 0 Å². The molecule has 2 unspecified atom stereocenters. The Morgan fingerprint density at radius 2 is 2.00 bits per heavy atom. The number of anilines is 1. The topological polar surface area (TPSA) is 110 Å². The van der Waals surface area contributed by atoms with Crippen molar-refractivity contribution in [3.05, 3.63) is 33.9 Å². The number of carbonyl (C=O) groups excluding carboxylic acids is 1. The summed E-state index contributed by atoms with van der Waals surface area (Å²) in [5.74, 6) is -0.274. The lowest BCUT2D eigenvalue weighted by Crippen LogP contribution is -2.48. The van der Waals surface area contributed by atoms with Gasteiger partial charge in [0.1, 0.15) is 5.69 Å². The zero-order valence-electron chi connectivity index (χ0n) is 11.5. The second-order valence-corrected chi connectivity index (χ2v) is 5.81. The van der Waals surface area contributed by atoms with Crippen LogP contribution in [0.25, 0.3) is 0 Å². The van der Waals surface area contributed by atoms with Crippen molar-refractivity contribution in [1.29, 1.82) is 0 Å². The molecule has 21 heavy (non-hydrogen) atoms. The first-order valence-corrected chi connectivity index (χ1v) is 7.14. The minimum Gasteiger partial charge on any atom is -0.393 e. The Bertz CT molecular complexity index is 578. The molecule has 2 aliphatic rings. The maximum absolute atomic E-state index is 12.2. The van der Waals surface area contributed by atoms with Crippen molar-refractivity contribution in [1.82, 2.24) is 10.6 Å². The molecule has 2 aliphatic heterocycles. The number of nitro groups is 1. The zero-order valence-corrected chi connectivity index (χ0v) is 11.5. The average molecular weight is 290 g/mol. The van der Waals surface area contributed by atoms with Crippen LogP contribution in [0.2, 0.25) is 0 Å². The van der Waals surface area contributed by atoms with Crippen LogP contribution in [0.5, 0.6) is 0 Å². The van der Waals surface area contributed by atoms with Gasteiger partial charge < -0.3 is 16.4 Å². The molecule has 2 atom stereocenters. The van der Waals surface area contributed by atoms with Gasteiger partial charge in [0.2, 0.25) is 0 Å². The minimum atomic E-state index is -0.573. The lowest BCUT2D eigenvalue weighted by atomic mass is 9.99. The van der Waals surface area contributed by atoms with E-state index in [1.165, 1.54) is 18.2 Å². The van der Waals surface area contributed by atoms with Gasteiger partial charge in [-0.3, -0.25) is 14.9 Å². The third-order valence-electron chi connectivity index (χ3n) is 4.30. The van der Waals surface area contributed by atoms with Crippen LogP contribution in [0.4, 0.5) is 11.4 Å². The highest BCUT2D eigenvalue weighted by atomic mass is 16.6.